The minimum atomic E-state index is 0.241. The highest BCUT2D eigenvalue weighted by Gasteiger charge is 2.53. The summed E-state index contributed by atoms with van der Waals surface area (Å²) < 4.78 is 6.32. The molecule has 4 atom stereocenters. The molecule has 2 heteroatoms. The highest BCUT2D eigenvalue weighted by atomic mass is 16.5. The molecule has 32 heavy (non-hydrogen) atoms. The number of benzene rings is 2. The Hall–Kier alpha value is -2.53. The van der Waals surface area contributed by atoms with Gasteiger partial charge in [-0.25, -0.2) is 0 Å². The van der Waals surface area contributed by atoms with Crippen LogP contribution in [-0.4, -0.2) is 0 Å². The van der Waals surface area contributed by atoms with Crippen LogP contribution in [-0.2, 0) is 19.4 Å². The fraction of sp³-hybridized carbons (Fsp3) is 0.500. The second-order valence-corrected chi connectivity index (χ2v) is 10.4. The quantitative estimate of drug-likeness (QED) is 0.474. The number of fused-ring (bicyclic) bond motifs is 5. The van der Waals surface area contributed by atoms with Crippen molar-refractivity contribution in [2.45, 2.75) is 78.2 Å². The van der Waals surface area contributed by atoms with Gasteiger partial charge in [-0.2, -0.15) is 5.26 Å². The zero-order valence-corrected chi connectivity index (χ0v) is 19.8. The molecule has 0 amide bonds. The van der Waals surface area contributed by atoms with Gasteiger partial charge in [0.1, 0.15) is 12.4 Å². The van der Waals surface area contributed by atoms with Crippen LogP contribution in [0.4, 0.5) is 0 Å². The van der Waals surface area contributed by atoms with E-state index in [0.717, 1.165) is 42.4 Å². The van der Waals surface area contributed by atoms with Crippen molar-refractivity contribution in [3.8, 4) is 11.8 Å². The molecule has 0 spiro atoms. The van der Waals surface area contributed by atoms with E-state index in [2.05, 4.69) is 62.4 Å². The lowest BCUT2D eigenvalue weighted by Crippen LogP contribution is -2.40. The van der Waals surface area contributed by atoms with E-state index in [4.69, 9.17) is 4.74 Å². The summed E-state index contributed by atoms with van der Waals surface area (Å²) in [5, 5.41) is 9.54. The largest absolute Gasteiger partial charge is 0.489 e. The lowest BCUT2D eigenvalue weighted by Gasteiger charge is -2.50. The van der Waals surface area contributed by atoms with E-state index in [0.29, 0.717) is 12.5 Å². The van der Waals surface area contributed by atoms with Crippen molar-refractivity contribution in [1.82, 2.24) is 0 Å². The Kier molecular flexibility index (Phi) is 5.62. The van der Waals surface area contributed by atoms with E-state index < -0.39 is 0 Å². The Morgan fingerprint density at radius 2 is 1.94 bits per heavy atom. The first kappa shape index (κ1) is 21.3. The van der Waals surface area contributed by atoms with Crippen LogP contribution in [0.25, 0.3) is 0 Å². The normalized spacial score (nSPS) is 30.0. The van der Waals surface area contributed by atoms with E-state index in [9.17, 15) is 5.26 Å². The molecule has 3 aliphatic carbocycles. The summed E-state index contributed by atoms with van der Waals surface area (Å²) in [5.74, 6) is 3.23. The van der Waals surface area contributed by atoms with Gasteiger partial charge in [0.2, 0.25) is 0 Å². The van der Waals surface area contributed by atoms with Gasteiger partial charge in [-0.1, -0.05) is 55.8 Å². The van der Waals surface area contributed by atoms with Gasteiger partial charge < -0.3 is 4.74 Å². The second kappa shape index (κ2) is 8.43. The van der Waals surface area contributed by atoms with Crippen LogP contribution >= 0.6 is 0 Å². The third kappa shape index (κ3) is 3.47. The van der Waals surface area contributed by atoms with Crippen LogP contribution in [0.5, 0.6) is 5.75 Å². The molecule has 0 aromatic heterocycles. The molecule has 3 aliphatic rings. The van der Waals surface area contributed by atoms with Crippen molar-refractivity contribution in [1.29, 1.82) is 5.26 Å². The number of nitriles is 1. The fourth-order valence-electron chi connectivity index (χ4n) is 7.29. The number of allylic oxidation sites excluding steroid dienone is 2. The summed E-state index contributed by atoms with van der Waals surface area (Å²) in [7, 11) is 0. The maximum absolute atomic E-state index is 9.54. The van der Waals surface area contributed by atoms with Gasteiger partial charge in [-0.15, -0.1) is 0 Å². The van der Waals surface area contributed by atoms with E-state index in [1.54, 1.807) is 5.56 Å². The molecular formula is C30H35NO. The molecule has 0 N–H and O–H groups in total. The third-order valence-corrected chi connectivity index (χ3v) is 8.93. The van der Waals surface area contributed by atoms with Crippen LogP contribution in [0.3, 0.4) is 0 Å². The number of hydrogen-bond donors (Lipinski definition) is 0. The highest BCUT2D eigenvalue weighted by Crippen LogP contribution is 2.63. The zero-order valence-electron chi connectivity index (χ0n) is 19.8. The van der Waals surface area contributed by atoms with Crippen LogP contribution in [0.15, 0.2) is 53.6 Å². The first-order valence-corrected chi connectivity index (χ1v) is 12.5. The summed E-state index contributed by atoms with van der Waals surface area (Å²) in [5.41, 5.74) is 8.37. The second-order valence-electron chi connectivity index (χ2n) is 10.4. The van der Waals surface area contributed by atoms with Crippen molar-refractivity contribution in [3.63, 3.8) is 0 Å². The lowest BCUT2D eigenvalue weighted by molar-refractivity contribution is 0.0809. The SMILES string of the molecule is CCc1cc2c(cc1OCc1ccccc1)CC[C@@H]1[C@@H]2CC[C@]2(C)/C(=C(/C)C#N)CC[C@@H]12. The molecule has 2 aromatic carbocycles. The molecule has 2 nitrogen and oxygen atoms in total. The van der Waals surface area contributed by atoms with E-state index in [1.807, 2.05) is 6.92 Å². The van der Waals surface area contributed by atoms with Gasteiger partial charge in [0.15, 0.2) is 0 Å². The van der Waals surface area contributed by atoms with Gasteiger partial charge in [0.05, 0.1) is 6.07 Å². The topological polar surface area (TPSA) is 33.0 Å². The maximum atomic E-state index is 9.54. The summed E-state index contributed by atoms with van der Waals surface area (Å²) in [6.07, 6.45) is 8.31. The molecule has 0 aliphatic heterocycles. The number of rotatable bonds is 4. The molecule has 0 unspecified atom stereocenters. The van der Waals surface area contributed by atoms with E-state index >= 15 is 0 Å². The molecule has 2 aromatic rings. The first-order chi connectivity index (χ1) is 15.5. The molecule has 166 valence electrons. The summed E-state index contributed by atoms with van der Waals surface area (Å²) in [6, 6.07) is 17.8. The van der Waals surface area contributed by atoms with E-state index in [1.165, 1.54) is 47.9 Å². The molecule has 0 radical (unpaired) electrons. The number of aryl methyl sites for hydroxylation is 2. The molecule has 0 saturated heterocycles. The Morgan fingerprint density at radius 1 is 1.12 bits per heavy atom. The van der Waals surface area contributed by atoms with Gasteiger partial charge in [-0.05, 0) is 103 Å². The minimum Gasteiger partial charge on any atom is -0.489 e. The van der Waals surface area contributed by atoms with Crippen molar-refractivity contribution >= 4 is 0 Å². The predicted octanol–water partition coefficient (Wildman–Crippen LogP) is 7.52. The molecule has 5 rings (SSSR count). The molecule has 2 fully saturated rings. The monoisotopic (exact) mass is 425 g/mol. The number of hydrogen-bond acceptors (Lipinski definition) is 2. The van der Waals surface area contributed by atoms with Crippen LogP contribution in [0.2, 0.25) is 0 Å². The molecule has 2 saturated carbocycles. The summed E-state index contributed by atoms with van der Waals surface area (Å²) >= 11 is 0. The lowest BCUT2D eigenvalue weighted by atomic mass is 9.55. The molecular weight excluding hydrogens is 390 g/mol. The van der Waals surface area contributed by atoms with Gasteiger partial charge in [0.25, 0.3) is 0 Å². The smallest absolute Gasteiger partial charge is 0.123 e. The average Bonchev–Trinajstić information content (AvgIpc) is 3.19. The van der Waals surface area contributed by atoms with Gasteiger partial charge in [0, 0.05) is 5.57 Å². The molecule has 0 heterocycles. The number of nitrogens with zero attached hydrogens (tertiary/aromatic N) is 1. The van der Waals surface area contributed by atoms with Crippen molar-refractivity contribution in [2.24, 2.45) is 17.3 Å². The van der Waals surface area contributed by atoms with Crippen LogP contribution in [0, 0.1) is 28.6 Å². The standard InChI is InChI=1S/C30H35NO/c1-4-22-16-26-23(17-29(22)32-19-21-8-6-5-7-9-21)10-11-25-24(26)14-15-30(3)27(20(2)18-31)12-13-28(25)30/h5-9,16-17,24-25,28H,4,10-15,19H2,1-3H3/b27-20-/t24-,25+,28-,30+/m0/s1. The summed E-state index contributed by atoms with van der Waals surface area (Å²) in [4.78, 5) is 0. The van der Waals surface area contributed by atoms with Crippen molar-refractivity contribution < 1.29 is 4.74 Å². The predicted molar refractivity (Wildman–Crippen MR) is 130 cm³/mol. The van der Waals surface area contributed by atoms with Crippen molar-refractivity contribution in [3.05, 3.63) is 75.9 Å². The van der Waals surface area contributed by atoms with Gasteiger partial charge in [-0.3, -0.25) is 0 Å². The van der Waals surface area contributed by atoms with Crippen LogP contribution < -0.4 is 4.74 Å². The Morgan fingerprint density at radius 3 is 2.69 bits per heavy atom. The average molecular weight is 426 g/mol. The van der Waals surface area contributed by atoms with Gasteiger partial charge >= 0.3 is 0 Å². The fourth-order valence-corrected chi connectivity index (χ4v) is 7.29. The molecule has 0 bridgehead atoms. The maximum Gasteiger partial charge on any atom is 0.123 e. The zero-order chi connectivity index (χ0) is 22.3. The van der Waals surface area contributed by atoms with Crippen LogP contribution in [0.1, 0.15) is 81.0 Å². The first-order valence-electron chi connectivity index (χ1n) is 12.5. The minimum absolute atomic E-state index is 0.241. The Bertz CT molecular complexity index is 1080. The highest BCUT2D eigenvalue weighted by molar-refractivity contribution is 5.47. The Labute approximate surface area is 193 Å². The van der Waals surface area contributed by atoms with E-state index in [-0.39, 0.29) is 5.41 Å². The van der Waals surface area contributed by atoms with Crippen molar-refractivity contribution in [2.75, 3.05) is 0 Å². The number of ether oxygens (including phenoxy) is 1. The summed E-state index contributed by atoms with van der Waals surface area (Å²) in [6.45, 7) is 7.38. The third-order valence-electron chi connectivity index (χ3n) is 8.93. The Balaban J connectivity index is 1.42.